The van der Waals surface area contributed by atoms with Crippen LogP contribution < -0.4 is 5.56 Å². The Labute approximate surface area is 151 Å². The highest BCUT2D eigenvalue weighted by molar-refractivity contribution is 7.11. The van der Waals surface area contributed by atoms with Gasteiger partial charge >= 0.3 is 0 Å². The maximum Gasteiger partial charge on any atom is 0.255 e. The summed E-state index contributed by atoms with van der Waals surface area (Å²) in [5.74, 6) is 0.697. The molecule has 2 aliphatic heterocycles. The predicted molar refractivity (Wildman–Crippen MR) is 102 cm³/mol. The molecule has 2 aromatic heterocycles. The molecule has 0 saturated heterocycles. The van der Waals surface area contributed by atoms with E-state index in [4.69, 9.17) is 4.98 Å². The highest BCUT2D eigenvalue weighted by Crippen LogP contribution is 2.22. The number of fused-ring (bicyclic) bond motifs is 1. The maximum atomic E-state index is 12.6. The second-order valence-corrected chi connectivity index (χ2v) is 8.06. The molecule has 6 heteroatoms. The van der Waals surface area contributed by atoms with Crippen molar-refractivity contribution in [3.8, 4) is 0 Å². The van der Waals surface area contributed by atoms with Crippen molar-refractivity contribution in [2.45, 2.75) is 52.1 Å². The highest BCUT2D eigenvalue weighted by Gasteiger charge is 2.23. The molecule has 0 aromatic carbocycles. The Bertz CT molecular complexity index is 851. The van der Waals surface area contributed by atoms with E-state index in [0.29, 0.717) is 12.4 Å². The average molecular weight is 356 g/mol. The van der Waals surface area contributed by atoms with Gasteiger partial charge in [-0.05, 0) is 37.8 Å². The van der Waals surface area contributed by atoms with Crippen LogP contribution in [0.4, 0.5) is 0 Å². The van der Waals surface area contributed by atoms with Gasteiger partial charge in [-0.3, -0.25) is 14.7 Å². The van der Waals surface area contributed by atoms with Gasteiger partial charge in [0.15, 0.2) is 5.82 Å². The topological polar surface area (TPSA) is 61.4 Å². The summed E-state index contributed by atoms with van der Waals surface area (Å²) in [6, 6.07) is 4.43. The quantitative estimate of drug-likeness (QED) is 0.916. The van der Waals surface area contributed by atoms with Gasteiger partial charge in [0.1, 0.15) is 0 Å². The molecule has 4 rings (SSSR count). The molecule has 0 radical (unpaired) electrons. The molecule has 0 atom stereocenters. The fourth-order valence-corrected chi connectivity index (χ4v) is 4.56. The largest absolute Gasteiger partial charge is 0.305 e. The van der Waals surface area contributed by atoms with E-state index >= 15 is 0 Å². The summed E-state index contributed by atoms with van der Waals surface area (Å²) >= 11 is 1.87. The first kappa shape index (κ1) is 16.7. The minimum absolute atomic E-state index is 0.0124. The van der Waals surface area contributed by atoms with E-state index in [2.05, 4.69) is 33.9 Å². The van der Waals surface area contributed by atoms with E-state index in [-0.39, 0.29) is 5.56 Å². The Balaban J connectivity index is 1.53. The van der Waals surface area contributed by atoms with Crippen LogP contribution in [0, 0.1) is 0 Å². The summed E-state index contributed by atoms with van der Waals surface area (Å²) in [6.45, 7) is 5.59. The zero-order chi connectivity index (χ0) is 17.2. The lowest BCUT2D eigenvalue weighted by atomic mass is 10.1. The number of hydrogen-bond donors (Lipinski definition) is 1. The highest BCUT2D eigenvalue weighted by atomic mass is 32.1. The van der Waals surface area contributed by atoms with Crippen LogP contribution in [0.3, 0.4) is 0 Å². The second-order valence-electron chi connectivity index (χ2n) is 6.81. The molecule has 0 saturated carbocycles. The minimum Gasteiger partial charge on any atom is -0.305 e. The summed E-state index contributed by atoms with van der Waals surface area (Å²) in [5, 5.41) is 0. The van der Waals surface area contributed by atoms with E-state index in [1.165, 1.54) is 9.75 Å². The van der Waals surface area contributed by atoms with Crippen LogP contribution in [0.25, 0.3) is 0 Å². The van der Waals surface area contributed by atoms with Crippen molar-refractivity contribution in [3.63, 3.8) is 0 Å². The van der Waals surface area contributed by atoms with Crippen molar-refractivity contribution >= 4 is 17.0 Å². The van der Waals surface area contributed by atoms with Crippen molar-refractivity contribution in [2.24, 2.45) is 4.99 Å². The van der Waals surface area contributed by atoms with Crippen LogP contribution in [0.5, 0.6) is 0 Å². The number of aromatic nitrogens is 2. The normalized spacial score (nSPS) is 18.0. The average Bonchev–Trinajstić information content (AvgIpc) is 3.10. The Morgan fingerprint density at radius 2 is 2.12 bits per heavy atom. The zero-order valence-corrected chi connectivity index (χ0v) is 15.5. The van der Waals surface area contributed by atoms with Crippen LogP contribution >= 0.6 is 11.3 Å². The van der Waals surface area contributed by atoms with Gasteiger partial charge in [-0.2, -0.15) is 0 Å². The van der Waals surface area contributed by atoms with Gasteiger partial charge in [0.25, 0.3) is 5.56 Å². The molecule has 0 bridgehead atoms. The summed E-state index contributed by atoms with van der Waals surface area (Å²) in [4.78, 5) is 30.0. The van der Waals surface area contributed by atoms with E-state index in [9.17, 15) is 4.79 Å². The number of rotatable bonds is 4. The summed E-state index contributed by atoms with van der Waals surface area (Å²) in [6.07, 6.45) is 5.12. The molecule has 132 valence electrons. The zero-order valence-electron chi connectivity index (χ0n) is 14.7. The molecule has 0 fully saturated rings. The van der Waals surface area contributed by atoms with E-state index in [1.54, 1.807) is 0 Å². The fraction of sp³-hybridized carbons (Fsp3) is 0.526. The van der Waals surface area contributed by atoms with Crippen molar-refractivity contribution in [1.29, 1.82) is 0 Å². The Morgan fingerprint density at radius 3 is 2.88 bits per heavy atom. The van der Waals surface area contributed by atoms with Gasteiger partial charge in [-0.25, -0.2) is 4.98 Å². The van der Waals surface area contributed by atoms with Gasteiger partial charge in [0.2, 0.25) is 0 Å². The molecule has 0 unspecified atom stereocenters. The third-order valence-corrected chi connectivity index (χ3v) is 6.20. The van der Waals surface area contributed by atoms with E-state index < -0.39 is 0 Å². The van der Waals surface area contributed by atoms with Crippen LogP contribution in [-0.2, 0) is 25.9 Å². The summed E-state index contributed by atoms with van der Waals surface area (Å²) < 4.78 is 0. The smallest absolute Gasteiger partial charge is 0.255 e. The first-order chi connectivity index (χ1) is 12.2. The van der Waals surface area contributed by atoms with Gasteiger partial charge < -0.3 is 4.98 Å². The fourth-order valence-electron chi connectivity index (χ4n) is 3.56. The van der Waals surface area contributed by atoms with Crippen molar-refractivity contribution in [1.82, 2.24) is 14.9 Å². The number of H-pyrrole nitrogens is 1. The Kier molecular flexibility index (Phi) is 4.81. The number of thiophene rings is 1. The summed E-state index contributed by atoms with van der Waals surface area (Å²) in [7, 11) is 0. The summed E-state index contributed by atoms with van der Waals surface area (Å²) in [5.41, 5.74) is 2.78. The monoisotopic (exact) mass is 356 g/mol. The number of nitrogens with zero attached hydrogens (tertiary/aromatic N) is 3. The molecule has 5 nitrogen and oxygen atoms in total. The number of aliphatic imine (C=N–C) groups is 1. The molecular formula is C19H24N4OS. The maximum absolute atomic E-state index is 12.6. The van der Waals surface area contributed by atoms with Crippen molar-refractivity contribution in [3.05, 3.63) is 49.3 Å². The second kappa shape index (κ2) is 7.22. The van der Waals surface area contributed by atoms with Crippen molar-refractivity contribution < 1.29 is 0 Å². The number of nitrogens with one attached hydrogen (secondary N) is 1. The third kappa shape index (κ3) is 3.60. The van der Waals surface area contributed by atoms with Gasteiger partial charge in [0, 0.05) is 42.4 Å². The molecule has 0 aliphatic carbocycles. The van der Waals surface area contributed by atoms with E-state index in [1.807, 2.05) is 11.3 Å². The number of hydrogen-bond acceptors (Lipinski definition) is 5. The Morgan fingerprint density at radius 1 is 1.24 bits per heavy atom. The molecule has 2 aliphatic rings. The standard InChI is InChI=1S/C19H24N4OS/c1-2-13-6-7-14(25-13)11-23-10-8-16-15(12-23)19(24)22-18(21-16)17-5-3-4-9-20-17/h6-7H,2-5,8-12H2,1H3,(H,21,22,24). The molecule has 25 heavy (non-hydrogen) atoms. The molecule has 4 heterocycles. The van der Waals surface area contributed by atoms with E-state index in [0.717, 1.165) is 68.7 Å². The lowest BCUT2D eigenvalue weighted by Crippen LogP contribution is -2.36. The lowest BCUT2D eigenvalue weighted by molar-refractivity contribution is 0.244. The van der Waals surface area contributed by atoms with Crippen LogP contribution in [0.15, 0.2) is 21.9 Å². The van der Waals surface area contributed by atoms with Crippen LogP contribution in [-0.4, -0.2) is 33.7 Å². The molecule has 2 aromatic rings. The first-order valence-corrected chi connectivity index (χ1v) is 10.0. The van der Waals surface area contributed by atoms with Crippen LogP contribution in [0.2, 0.25) is 0 Å². The molecule has 0 spiro atoms. The van der Waals surface area contributed by atoms with Gasteiger partial charge in [0.05, 0.1) is 17.0 Å². The van der Waals surface area contributed by atoms with Gasteiger partial charge in [-0.15, -0.1) is 11.3 Å². The lowest BCUT2D eigenvalue weighted by Gasteiger charge is -2.27. The van der Waals surface area contributed by atoms with Crippen molar-refractivity contribution in [2.75, 3.05) is 13.1 Å². The van der Waals surface area contributed by atoms with Crippen LogP contribution in [0.1, 0.15) is 53.0 Å². The molecule has 1 N–H and O–H groups in total. The first-order valence-electron chi connectivity index (χ1n) is 9.18. The molecule has 0 amide bonds. The number of aryl methyl sites for hydroxylation is 1. The SMILES string of the molecule is CCc1ccc(CN2CCc3nc(C4=NCCCC4)[nH]c(=O)c3C2)s1. The number of aromatic amines is 1. The Hall–Kier alpha value is -1.79. The molecular weight excluding hydrogens is 332 g/mol. The van der Waals surface area contributed by atoms with Gasteiger partial charge in [-0.1, -0.05) is 6.92 Å². The predicted octanol–water partition coefficient (Wildman–Crippen LogP) is 2.93. The third-order valence-electron chi connectivity index (χ3n) is 4.99. The minimum atomic E-state index is 0.0124.